The number of nitrogens with zero attached hydrogens (tertiary/aromatic N) is 1. The van der Waals surface area contributed by atoms with Gasteiger partial charge in [0, 0.05) is 11.8 Å². The molecule has 0 unspecified atom stereocenters. The van der Waals surface area contributed by atoms with Crippen LogP contribution in [0.5, 0.6) is 0 Å². The Balaban J connectivity index is 2.16. The van der Waals surface area contributed by atoms with Gasteiger partial charge in [0.1, 0.15) is 5.82 Å². The van der Waals surface area contributed by atoms with E-state index in [9.17, 15) is 18.0 Å². The maximum absolute atomic E-state index is 12.7. The fourth-order valence-corrected chi connectivity index (χ4v) is 2.66. The van der Waals surface area contributed by atoms with E-state index in [1.54, 1.807) is 12.1 Å². The molecule has 1 heterocycles. The van der Waals surface area contributed by atoms with E-state index in [2.05, 4.69) is 37.1 Å². The van der Waals surface area contributed by atoms with Gasteiger partial charge in [-0.1, -0.05) is 39.0 Å². The maximum Gasteiger partial charge on any atom is 0.417 e. The number of benzene rings is 1. The summed E-state index contributed by atoms with van der Waals surface area (Å²) in [7, 11) is 0. The van der Waals surface area contributed by atoms with E-state index in [0.29, 0.717) is 11.8 Å². The molecule has 1 amide bonds. The van der Waals surface area contributed by atoms with E-state index in [-0.39, 0.29) is 16.8 Å². The number of alkyl halides is 3. The Bertz CT molecular complexity index is 860. The number of pyridine rings is 1. The second kappa shape index (κ2) is 7.55. The summed E-state index contributed by atoms with van der Waals surface area (Å²) >= 11 is 0. The molecule has 0 spiro atoms. The summed E-state index contributed by atoms with van der Waals surface area (Å²) in [5.74, 6) is -0.310. The molecule has 0 aliphatic heterocycles. The summed E-state index contributed by atoms with van der Waals surface area (Å²) in [4.78, 5) is 16.1. The fraction of sp³-hybridized carbons (Fsp3) is 0.333. The second-order valence-electron chi connectivity index (χ2n) is 7.61. The molecule has 2 aromatic rings. The van der Waals surface area contributed by atoms with Crippen molar-refractivity contribution in [2.24, 2.45) is 5.41 Å². The predicted octanol–water partition coefficient (Wildman–Crippen LogP) is 6.11. The lowest BCUT2D eigenvalue weighted by Gasteiger charge is -2.15. The first-order valence-electron chi connectivity index (χ1n) is 8.52. The van der Waals surface area contributed by atoms with E-state index >= 15 is 0 Å². The number of hydrogen-bond donors (Lipinski definition) is 1. The fourth-order valence-electron chi connectivity index (χ4n) is 2.66. The number of aromatic nitrogens is 1. The molecular formula is C21H23F3N2O. The molecule has 0 fully saturated rings. The zero-order valence-electron chi connectivity index (χ0n) is 16.0. The van der Waals surface area contributed by atoms with Gasteiger partial charge in [0.15, 0.2) is 0 Å². The number of amides is 1. The quantitative estimate of drug-likeness (QED) is 0.702. The predicted molar refractivity (Wildman–Crippen MR) is 101 cm³/mol. The minimum atomic E-state index is -4.46. The van der Waals surface area contributed by atoms with Gasteiger partial charge in [-0.05, 0) is 54.2 Å². The van der Waals surface area contributed by atoms with E-state index in [1.807, 2.05) is 19.1 Å². The van der Waals surface area contributed by atoms with Gasteiger partial charge in [-0.2, -0.15) is 13.2 Å². The van der Waals surface area contributed by atoms with E-state index < -0.39 is 17.6 Å². The van der Waals surface area contributed by atoms with Crippen LogP contribution in [0.25, 0.3) is 5.57 Å². The van der Waals surface area contributed by atoms with Crippen molar-refractivity contribution in [3.8, 4) is 0 Å². The Morgan fingerprint density at radius 2 is 1.63 bits per heavy atom. The third kappa shape index (κ3) is 5.67. The minimum Gasteiger partial charge on any atom is -0.306 e. The van der Waals surface area contributed by atoms with Gasteiger partial charge in [0.2, 0.25) is 0 Å². The van der Waals surface area contributed by atoms with Gasteiger partial charge in [-0.25, -0.2) is 4.98 Å². The molecule has 0 atom stereocenters. The largest absolute Gasteiger partial charge is 0.417 e. The Hall–Kier alpha value is -2.63. The van der Waals surface area contributed by atoms with Crippen LogP contribution in [0.4, 0.5) is 19.0 Å². The monoisotopic (exact) mass is 376 g/mol. The first-order valence-corrected chi connectivity index (χ1v) is 8.52. The summed E-state index contributed by atoms with van der Waals surface area (Å²) < 4.78 is 38.1. The van der Waals surface area contributed by atoms with Crippen LogP contribution < -0.4 is 5.32 Å². The number of carbonyl (C=O) groups is 1. The van der Waals surface area contributed by atoms with Gasteiger partial charge in [0.25, 0.3) is 5.91 Å². The lowest BCUT2D eigenvalue weighted by molar-refractivity contribution is -0.137. The zero-order valence-corrected chi connectivity index (χ0v) is 16.0. The Morgan fingerprint density at radius 3 is 2.11 bits per heavy atom. The van der Waals surface area contributed by atoms with Crippen molar-refractivity contribution in [2.75, 3.05) is 5.32 Å². The van der Waals surface area contributed by atoms with Crippen LogP contribution in [-0.2, 0) is 6.18 Å². The average Bonchev–Trinajstić information content (AvgIpc) is 2.54. The summed E-state index contributed by atoms with van der Waals surface area (Å²) in [6.45, 7) is 9.81. The molecule has 1 aromatic carbocycles. The molecule has 144 valence electrons. The van der Waals surface area contributed by atoms with Crippen LogP contribution in [0.3, 0.4) is 0 Å². The number of carbonyl (C=O) groups excluding carboxylic acids is 1. The summed E-state index contributed by atoms with van der Waals surface area (Å²) in [6.07, 6.45) is -1.60. The molecule has 2 rings (SSSR count). The van der Waals surface area contributed by atoms with Crippen LogP contribution in [0.1, 0.15) is 54.7 Å². The Morgan fingerprint density at radius 1 is 1.07 bits per heavy atom. The third-order valence-electron chi connectivity index (χ3n) is 3.89. The SMILES string of the molecule is C/C(=C\C(C)(C)C)c1ccc(C(=O)Nc2ncc(C(F)(F)F)cc2C)cc1. The zero-order chi connectivity index (χ0) is 20.4. The number of hydrogen-bond acceptors (Lipinski definition) is 2. The minimum absolute atomic E-state index is 0.0475. The smallest absolute Gasteiger partial charge is 0.306 e. The molecule has 1 N–H and O–H groups in total. The van der Waals surface area contributed by atoms with Gasteiger partial charge < -0.3 is 5.32 Å². The molecule has 3 nitrogen and oxygen atoms in total. The number of allylic oxidation sites excluding steroid dienone is 2. The first kappa shape index (κ1) is 20.7. The Labute approximate surface area is 157 Å². The third-order valence-corrected chi connectivity index (χ3v) is 3.89. The van der Waals surface area contributed by atoms with Gasteiger partial charge in [0.05, 0.1) is 5.56 Å². The molecule has 0 saturated carbocycles. The van der Waals surface area contributed by atoms with E-state index in [4.69, 9.17) is 0 Å². The number of rotatable bonds is 3. The van der Waals surface area contributed by atoms with Crippen molar-refractivity contribution in [3.63, 3.8) is 0 Å². The van der Waals surface area contributed by atoms with Crippen LogP contribution in [0, 0.1) is 12.3 Å². The molecule has 27 heavy (non-hydrogen) atoms. The van der Waals surface area contributed by atoms with Gasteiger partial charge >= 0.3 is 6.18 Å². The highest BCUT2D eigenvalue weighted by atomic mass is 19.4. The second-order valence-corrected chi connectivity index (χ2v) is 7.61. The van der Waals surface area contributed by atoms with Crippen molar-refractivity contribution in [1.29, 1.82) is 0 Å². The van der Waals surface area contributed by atoms with Crippen molar-refractivity contribution in [2.45, 2.75) is 40.8 Å². The van der Waals surface area contributed by atoms with Crippen molar-refractivity contribution < 1.29 is 18.0 Å². The standard InChI is InChI=1S/C21H23F3N2O/c1-13-10-17(21(22,23)24)12-25-18(13)26-19(27)16-8-6-15(7-9-16)14(2)11-20(3,4)5/h6-12H,1-5H3,(H,25,26,27)/b14-11+. The van der Waals surface area contributed by atoms with Crippen LogP contribution in [-0.4, -0.2) is 10.9 Å². The number of halogens is 3. The Kier molecular flexibility index (Phi) is 5.78. The molecule has 0 radical (unpaired) electrons. The summed E-state index contributed by atoms with van der Waals surface area (Å²) in [6, 6.07) is 8.03. The highest BCUT2D eigenvalue weighted by Gasteiger charge is 2.31. The average molecular weight is 376 g/mol. The number of anilines is 1. The summed E-state index contributed by atoms with van der Waals surface area (Å²) in [5.41, 5.74) is 1.97. The van der Waals surface area contributed by atoms with Crippen molar-refractivity contribution >= 4 is 17.3 Å². The van der Waals surface area contributed by atoms with Crippen molar-refractivity contribution in [1.82, 2.24) is 4.98 Å². The number of aryl methyl sites for hydroxylation is 1. The molecule has 0 bridgehead atoms. The van der Waals surface area contributed by atoms with Crippen molar-refractivity contribution in [3.05, 3.63) is 64.9 Å². The van der Waals surface area contributed by atoms with E-state index in [1.165, 1.54) is 6.92 Å². The first-order chi connectivity index (χ1) is 12.4. The number of nitrogens with one attached hydrogen (secondary N) is 1. The molecule has 1 aromatic heterocycles. The van der Waals surface area contributed by atoms with Crippen LogP contribution >= 0.6 is 0 Å². The van der Waals surface area contributed by atoms with Gasteiger partial charge in [-0.3, -0.25) is 4.79 Å². The van der Waals surface area contributed by atoms with Crippen LogP contribution in [0.2, 0.25) is 0 Å². The lowest BCUT2D eigenvalue weighted by Crippen LogP contribution is -2.15. The molecule has 0 saturated heterocycles. The topological polar surface area (TPSA) is 42.0 Å². The lowest BCUT2D eigenvalue weighted by atomic mass is 9.91. The van der Waals surface area contributed by atoms with Crippen LogP contribution in [0.15, 0.2) is 42.6 Å². The highest BCUT2D eigenvalue weighted by Crippen LogP contribution is 2.30. The van der Waals surface area contributed by atoms with E-state index in [0.717, 1.165) is 17.2 Å². The molecule has 0 aliphatic carbocycles. The highest BCUT2D eigenvalue weighted by molar-refractivity contribution is 6.04. The molecular weight excluding hydrogens is 353 g/mol. The van der Waals surface area contributed by atoms with Gasteiger partial charge in [-0.15, -0.1) is 0 Å². The normalized spacial score (nSPS) is 12.8. The molecule has 6 heteroatoms. The summed E-state index contributed by atoms with van der Waals surface area (Å²) in [5, 5.41) is 2.56. The molecule has 0 aliphatic rings. The maximum atomic E-state index is 12.7.